The van der Waals surface area contributed by atoms with Crippen LogP contribution in [0.4, 0.5) is 0 Å². The first-order chi connectivity index (χ1) is 21.3. The standard InChI is InChI=1S/C40H26N2S/c1-2-11-26(12-3-1)36-37(42-39-33-17-7-5-14-30(33)29-13-4-6-16-32(29)38(39)41-36)27-23-21-25(22-24-27)28-18-10-19-34-31-15-8-9-20-35(31)43-40(28)34/h1-24,31,35H. The Hall–Kier alpha value is -4.99. The molecule has 0 saturated heterocycles. The number of aromatic nitrogens is 2. The molecule has 43 heavy (non-hydrogen) atoms. The molecular formula is C40H26N2S. The minimum absolute atomic E-state index is 0.455. The highest BCUT2D eigenvalue weighted by atomic mass is 32.2. The summed E-state index contributed by atoms with van der Waals surface area (Å²) < 4.78 is 0. The van der Waals surface area contributed by atoms with Gasteiger partial charge in [0.05, 0.1) is 22.4 Å². The predicted molar refractivity (Wildman–Crippen MR) is 182 cm³/mol. The Labute approximate surface area is 254 Å². The van der Waals surface area contributed by atoms with E-state index in [2.05, 4.69) is 140 Å². The summed E-state index contributed by atoms with van der Waals surface area (Å²) in [4.78, 5) is 12.2. The van der Waals surface area contributed by atoms with E-state index in [1.807, 2.05) is 17.8 Å². The fraction of sp³-hybridized carbons (Fsp3) is 0.0500. The van der Waals surface area contributed by atoms with Crippen LogP contribution in [0.3, 0.4) is 0 Å². The van der Waals surface area contributed by atoms with Gasteiger partial charge in [0, 0.05) is 38.0 Å². The molecule has 0 spiro atoms. The second-order valence-electron chi connectivity index (χ2n) is 11.3. The highest BCUT2D eigenvalue weighted by molar-refractivity contribution is 8.00. The summed E-state index contributed by atoms with van der Waals surface area (Å²) in [5.74, 6) is 0.455. The number of rotatable bonds is 3. The molecule has 2 heterocycles. The van der Waals surface area contributed by atoms with Crippen molar-refractivity contribution in [3.63, 3.8) is 0 Å². The zero-order valence-electron chi connectivity index (χ0n) is 23.3. The molecule has 2 unspecified atom stereocenters. The molecule has 0 radical (unpaired) electrons. The third kappa shape index (κ3) is 3.89. The van der Waals surface area contributed by atoms with Crippen LogP contribution in [0.1, 0.15) is 11.5 Å². The van der Waals surface area contributed by atoms with E-state index in [0.29, 0.717) is 11.2 Å². The van der Waals surface area contributed by atoms with Gasteiger partial charge in [0.25, 0.3) is 0 Å². The van der Waals surface area contributed by atoms with Gasteiger partial charge in [0.15, 0.2) is 0 Å². The number of allylic oxidation sites excluding steroid dienone is 3. The lowest BCUT2D eigenvalue weighted by molar-refractivity contribution is 0.881. The Morgan fingerprint density at radius 1 is 0.465 bits per heavy atom. The van der Waals surface area contributed by atoms with Crippen LogP contribution in [0, 0.1) is 0 Å². The third-order valence-electron chi connectivity index (χ3n) is 8.81. The van der Waals surface area contributed by atoms with Gasteiger partial charge in [-0.25, -0.2) is 9.97 Å². The van der Waals surface area contributed by atoms with Crippen molar-refractivity contribution in [2.24, 2.45) is 0 Å². The van der Waals surface area contributed by atoms with Crippen LogP contribution in [-0.4, -0.2) is 15.2 Å². The van der Waals surface area contributed by atoms with Crippen molar-refractivity contribution in [1.29, 1.82) is 0 Å². The van der Waals surface area contributed by atoms with Gasteiger partial charge in [0.2, 0.25) is 0 Å². The first kappa shape index (κ1) is 24.6. The van der Waals surface area contributed by atoms with Crippen molar-refractivity contribution in [3.8, 4) is 33.6 Å². The Bertz CT molecular complexity index is 2270. The number of hydrogen-bond donors (Lipinski definition) is 0. The monoisotopic (exact) mass is 566 g/mol. The van der Waals surface area contributed by atoms with Gasteiger partial charge < -0.3 is 0 Å². The van der Waals surface area contributed by atoms with E-state index in [-0.39, 0.29) is 0 Å². The summed E-state index contributed by atoms with van der Waals surface area (Å²) in [6.07, 6.45) is 9.03. The SMILES string of the molecule is C1=CC2Sc3c(-c4ccc(-c5nc6c7ccccc7c7ccccc7c6nc5-c5ccccc5)cc4)cccc3C2C=C1. The van der Waals surface area contributed by atoms with Crippen molar-refractivity contribution in [2.45, 2.75) is 16.1 Å². The van der Waals surface area contributed by atoms with Crippen LogP contribution in [0.15, 0.2) is 151 Å². The molecule has 0 bridgehead atoms. The molecule has 2 nitrogen and oxygen atoms in total. The molecule has 1 aliphatic heterocycles. The van der Waals surface area contributed by atoms with Gasteiger partial charge in [-0.3, -0.25) is 0 Å². The summed E-state index contributed by atoms with van der Waals surface area (Å²) in [6.45, 7) is 0. The van der Waals surface area contributed by atoms with Crippen LogP contribution in [0.5, 0.6) is 0 Å². The lowest BCUT2D eigenvalue weighted by Gasteiger charge is -2.15. The lowest BCUT2D eigenvalue weighted by atomic mass is 9.90. The maximum atomic E-state index is 5.43. The molecule has 0 fully saturated rings. The van der Waals surface area contributed by atoms with Crippen LogP contribution in [-0.2, 0) is 0 Å². The van der Waals surface area contributed by atoms with E-state index in [9.17, 15) is 0 Å². The second kappa shape index (κ2) is 9.79. The molecule has 2 atom stereocenters. The van der Waals surface area contributed by atoms with E-state index in [1.54, 1.807) is 0 Å². The fourth-order valence-corrected chi connectivity index (χ4v) is 8.24. The Morgan fingerprint density at radius 3 is 1.70 bits per heavy atom. The van der Waals surface area contributed by atoms with E-state index >= 15 is 0 Å². The first-order valence-corrected chi connectivity index (χ1v) is 15.6. The largest absolute Gasteiger partial charge is 0.243 e. The van der Waals surface area contributed by atoms with Gasteiger partial charge in [0.1, 0.15) is 0 Å². The van der Waals surface area contributed by atoms with Gasteiger partial charge in [-0.2, -0.15) is 0 Å². The molecule has 1 aromatic heterocycles. The number of fused-ring (bicyclic) bond motifs is 9. The van der Waals surface area contributed by atoms with Crippen LogP contribution >= 0.6 is 11.8 Å². The molecule has 1 aliphatic carbocycles. The average molecular weight is 567 g/mol. The minimum atomic E-state index is 0.455. The maximum absolute atomic E-state index is 5.43. The van der Waals surface area contributed by atoms with E-state index in [0.717, 1.165) is 44.3 Å². The summed E-state index contributed by atoms with van der Waals surface area (Å²) in [7, 11) is 0. The summed E-state index contributed by atoms with van der Waals surface area (Å²) >= 11 is 1.98. The zero-order valence-corrected chi connectivity index (χ0v) is 24.1. The number of benzene rings is 6. The van der Waals surface area contributed by atoms with Crippen LogP contribution in [0.25, 0.3) is 66.2 Å². The fourth-order valence-electron chi connectivity index (χ4n) is 6.76. The third-order valence-corrected chi connectivity index (χ3v) is 10.2. The van der Waals surface area contributed by atoms with Crippen molar-refractivity contribution in [1.82, 2.24) is 9.97 Å². The van der Waals surface area contributed by atoms with Crippen molar-refractivity contribution >= 4 is 44.3 Å². The predicted octanol–water partition coefficient (Wildman–Crippen LogP) is 10.6. The molecule has 0 saturated carbocycles. The Kier molecular flexibility index (Phi) is 5.60. The molecule has 202 valence electrons. The quantitative estimate of drug-likeness (QED) is 0.199. The Balaban J connectivity index is 1.24. The molecule has 0 amide bonds. The lowest BCUT2D eigenvalue weighted by Crippen LogP contribution is -2.06. The number of thioether (sulfide) groups is 1. The second-order valence-corrected chi connectivity index (χ2v) is 12.4. The normalized spacial score (nSPS) is 17.0. The average Bonchev–Trinajstić information content (AvgIpc) is 3.47. The summed E-state index contributed by atoms with van der Waals surface area (Å²) in [5.41, 5.74) is 9.77. The molecule has 2 aliphatic rings. The van der Waals surface area contributed by atoms with Crippen molar-refractivity contribution in [3.05, 3.63) is 151 Å². The molecule has 3 heteroatoms. The van der Waals surface area contributed by atoms with Gasteiger partial charge >= 0.3 is 0 Å². The number of hydrogen-bond acceptors (Lipinski definition) is 3. The van der Waals surface area contributed by atoms with E-state index in [4.69, 9.17) is 9.97 Å². The molecule has 6 aromatic carbocycles. The zero-order chi connectivity index (χ0) is 28.3. The van der Waals surface area contributed by atoms with Gasteiger partial charge in [-0.05, 0) is 27.5 Å². The smallest absolute Gasteiger partial charge is 0.0979 e. The van der Waals surface area contributed by atoms with Crippen molar-refractivity contribution < 1.29 is 0 Å². The van der Waals surface area contributed by atoms with E-state index in [1.165, 1.54) is 32.4 Å². The number of nitrogens with zero attached hydrogens (tertiary/aromatic N) is 2. The minimum Gasteiger partial charge on any atom is -0.243 e. The molecule has 9 rings (SSSR count). The highest BCUT2D eigenvalue weighted by Gasteiger charge is 2.32. The highest BCUT2D eigenvalue weighted by Crippen LogP contribution is 2.51. The first-order valence-electron chi connectivity index (χ1n) is 14.8. The topological polar surface area (TPSA) is 25.8 Å². The van der Waals surface area contributed by atoms with Crippen LogP contribution < -0.4 is 0 Å². The molecule has 0 N–H and O–H groups in total. The maximum Gasteiger partial charge on any atom is 0.0979 e. The Morgan fingerprint density at radius 2 is 1.02 bits per heavy atom. The molecule has 7 aromatic rings. The van der Waals surface area contributed by atoms with Gasteiger partial charge in [-0.1, -0.05) is 146 Å². The van der Waals surface area contributed by atoms with Gasteiger partial charge in [-0.15, -0.1) is 11.8 Å². The van der Waals surface area contributed by atoms with Crippen LogP contribution in [0.2, 0.25) is 0 Å². The van der Waals surface area contributed by atoms with E-state index < -0.39 is 0 Å². The molecular weight excluding hydrogens is 541 g/mol. The summed E-state index contributed by atoms with van der Waals surface area (Å²) in [5, 5.41) is 5.14. The van der Waals surface area contributed by atoms with Crippen molar-refractivity contribution in [2.75, 3.05) is 0 Å². The summed E-state index contributed by atoms with van der Waals surface area (Å²) in [6, 6.07) is 43.2.